The van der Waals surface area contributed by atoms with Gasteiger partial charge in [0.25, 0.3) is 0 Å². The van der Waals surface area contributed by atoms with Gasteiger partial charge in [0.2, 0.25) is 12.3 Å². The summed E-state index contributed by atoms with van der Waals surface area (Å²) in [6.07, 6.45) is -3.82. The predicted molar refractivity (Wildman–Crippen MR) is 137 cm³/mol. The lowest BCUT2D eigenvalue weighted by Crippen LogP contribution is -2.63. The van der Waals surface area contributed by atoms with Gasteiger partial charge in [-0.05, 0) is 61.8 Å². The third-order valence-corrected chi connectivity index (χ3v) is 11.7. The number of carbonyl (C=O) groups is 2. The van der Waals surface area contributed by atoms with E-state index < -0.39 is 52.9 Å². The highest BCUT2D eigenvalue weighted by Crippen LogP contribution is 2.68. The second kappa shape index (κ2) is 9.81. The van der Waals surface area contributed by atoms with Crippen molar-refractivity contribution < 1.29 is 37.7 Å². The van der Waals surface area contributed by atoms with E-state index >= 15 is 0 Å². The molecule has 1 amide bonds. The Bertz CT molecular complexity index is 1020. The van der Waals surface area contributed by atoms with E-state index in [1.807, 2.05) is 20.8 Å². The number of piperidine rings is 1. The monoisotopic (exact) mass is 556 g/mol. The van der Waals surface area contributed by atoms with E-state index in [0.717, 1.165) is 32.0 Å². The molecule has 2 saturated heterocycles. The second-order valence-electron chi connectivity index (χ2n) is 13.7. The number of hydrogen-bond donors (Lipinski definition) is 3. The molecule has 5 aliphatic rings. The van der Waals surface area contributed by atoms with Crippen LogP contribution in [0.5, 0.6) is 0 Å². The number of halogens is 3. The number of rotatable bonds is 5. The van der Waals surface area contributed by atoms with E-state index in [-0.39, 0.29) is 41.9 Å². The van der Waals surface area contributed by atoms with E-state index in [1.54, 1.807) is 6.92 Å². The van der Waals surface area contributed by atoms with E-state index in [1.165, 1.54) is 0 Å². The molecule has 0 aromatic heterocycles. The van der Waals surface area contributed by atoms with Crippen molar-refractivity contribution in [1.82, 2.24) is 10.2 Å². The molecule has 3 saturated carbocycles. The van der Waals surface area contributed by atoms with Gasteiger partial charge in [0.1, 0.15) is 5.78 Å². The molecule has 5 rings (SSSR count). The topological polar surface area (TPSA) is 99.1 Å². The summed E-state index contributed by atoms with van der Waals surface area (Å²) in [5.41, 5.74) is -2.72. The van der Waals surface area contributed by atoms with Crippen LogP contribution in [0.3, 0.4) is 0 Å². The van der Waals surface area contributed by atoms with Crippen molar-refractivity contribution in [3.8, 4) is 0 Å². The smallest absolute Gasteiger partial charge is 0.392 e. The van der Waals surface area contributed by atoms with E-state index in [0.29, 0.717) is 25.8 Å². The van der Waals surface area contributed by atoms with Gasteiger partial charge in [0.05, 0.1) is 18.1 Å². The molecule has 39 heavy (non-hydrogen) atoms. The summed E-state index contributed by atoms with van der Waals surface area (Å²) in [7, 11) is 0. The number of fused-ring (bicyclic) bond motifs is 2. The number of ketones is 1. The highest BCUT2D eigenvalue weighted by Gasteiger charge is 2.68. The zero-order chi connectivity index (χ0) is 28.5. The Morgan fingerprint density at radius 2 is 1.92 bits per heavy atom. The lowest BCUT2D eigenvalue weighted by Gasteiger charge is -2.62. The number of ether oxygens (including phenoxy) is 1. The molecule has 2 aliphatic heterocycles. The van der Waals surface area contributed by atoms with Crippen LogP contribution in [0.2, 0.25) is 0 Å². The molecule has 10 heteroatoms. The normalized spacial score (nSPS) is 48.6. The molecule has 0 radical (unpaired) electrons. The lowest BCUT2D eigenvalue weighted by atomic mass is 9.44. The molecular weight excluding hydrogens is 513 g/mol. The van der Waals surface area contributed by atoms with Crippen LogP contribution in [-0.4, -0.2) is 71.2 Å². The quantitative estimate of drug-likeness (QED) is 0.353. The Morgan fingerprint density at radius 3 is 2.54 bits per heavy atom. The highest BCUT2D eigenvalue weighted by atomic mass is 19.4. The molecule has 7 nitrogen and oxygen atoms in total. The van der Waals surface area contributed by atoms with Gasteiger partial charge in [-0.15, -0.1) is 0 Å². The Morgan fingerprint density at radius 1 is 1.21 bits per heavy atom. The van der Waals surface area contributed by atoms with Crippen molar-refractivity contribution in [1.29, 1.82) is 0 Å². The number of amides is 1. The molecular formula is C29H43F3N2O5. The standard InChI is InChI=1S/C29H43F3N2O5/c1-16-5-8-28-9-6-20(35)22(28)27(16,4)21(13-26(3,23(36)17(28)2)10-11-29(30,31)32)39-25(38)33-24(37)19-15-34-12-7-18(19)14-34/h10-11,16-19,21-23,25,36,38H,5-9,12-15H2,1-4H3,(H,33,37)/b11-10+/t16-,17+,18-,19+,21-,22?,23+,25?,26-,27+,28?/m1/s1. The van der Waals surface area contributed by atoms with Crippen LogP contribution in [0.4, 0.5) is 13.2 Å². The fraction of sp³-hybridized carbons (Fsp3) is 0.862. The maximum absolute atomic E-state index is 13.5. The van der Waals surface area contributed by atoms with Gasteiger partial charge in [0.15, 0.2) is 0 Å². The van der Waals surface area contributed by atoms with Crippen molar-refractivity contribution in [3.05, 3.63) is 12.2 Å². The minimum Gasteiger partial charge on any atom is -0.392 e. The fourth-order valence-electron chi connectivity index (χ4n) is 9.27. The third-order valence-electron chi connectivity index (χ3n) is 11.7. The first kappa shape index (κ1) is 29.0. The minimum absolute atomic E-state index is 0.0257. The van der Waals surface area contributed by atoms with Crippen molar-refractivity contribution in [2.45, 2.75) is 91.0 Å². The Labute approximate surface area is 228 Å². The summed E-state index contributed by atoms with van der Waals surface area (Å²) in [6, 6.07) is 0. The van der Waals surface area contributed by atoms with Gasteiger partial charge in [0, 0.05) is 42.3 Å². The summed E-state index contributed by atoms with van der Waals surface area (Å²) in [4.78, 5) is 28.8. The minimum atomic E-state index is -4.56. The average Bonchev–Trinajstić information content (AvgIpc) is 3.58. The number of aliphatic hydroxyl groups excluding tert-OH is 2. The van der Waals surface area contributed by atoms with Gasteiger partial charge in [-0.25, -0.2) is 0 Å². The SMILES string of the molecule is C[C@@H]1CCC23CCC(=O)C2[C@]1(C)[C@H](OC(O)NC(=O)[C@H]1CN2CC[C@@H]1C2)C[C@@](C)(/C=C/C(F)(F)F)[C@@H](O)[C@@H]3C. The number of alkyl halides is 3. The third kappa shape index (κ3) is 4.77. The molecule has 4 bridgehead atoms. The maximum atomic E-state index is 13.5. The van der Waals surface area contributed by atoms with Crippen LogP contribution >= 0.6 is 0 Å². The van der Waals surface area contributed by atoms with Crippen LogP contribution in [0.1, 0.15) is 66.2 Å². The average molecular weight is 557 g/mol. The van der Waals surface area contributed by atoms with Crippen molar-refractivity contribution in [3.63, 3.8) is 0 Å². The summed E-state index contributed by atoms with van der Waals surface area (Å²) in [5.74, 6) is -1.13. The lowest BCUT2D eigenvalue weighted by molar-refractivity contribution is -0.247. The van der Waals surface area contributed by atoms with Crippen LogP contribution < -0.4 is 5.32 Å². The van der Waals surface area contributed by atoms with Crippen molar-refractivity contribution in [2.75, 3.05) is 19.6 Å². The van der Waals surface area contributed by atoms with Crippen molar-refractivity contribution in [2.24, 2.45) is 45.8 Å². The molecule has 2 heterocycles. The predicted octanol–water partition coefficient (Wildman–Crippen LogP) is 3.64. The summed E-state index contributed by atoms with van der Waals surface area (Å²) in [6.45, 7) is 9.91. The van der Waals surface area contributed by atoms with Crippen LogP contribution in [0, 0.1) is 45.8 Å². The van der Waals surface area contributed by atoms with E-state index in [2.05, 4.69) is 10.2 Å². The van der Waals surface area contributed by atoms with Crippen LogP contribution in [0.25, 0.3) is 0 Å². The van der Waals surface area contributed by atoms with Gasteiger partial charge < -0.3 is 25.2 Å². The molecule has 0 aromatic carbocycles. The van der Waals surface area contributed by atoms with Crippen LogP contribution in [0.15, 0.2) is 12.2 Å². The van der Waals surface area contributed by atoms with Gasteiger partial charge >= 0.3 is 6.18 Å². The molecule has 5 fully saturated rings. The van der Waals surface area contributed by atoms with Gasteiger partial charge in [-0.1, -0.05) is 33.8 Å². The number of hydrogen-bond acceptors (Lipinski definition) is 6. The number of Topliss-reactive ketones (excluding diaryl/α,β-unsaturated/α-hetero) is 1. The first-order chi connectivity index (χ1) is 18.1. The summed E-state index contributed by atoms with van der Waals surface area (Å²) in [5, 5.41) is 25.3. The fourth-order valence-corrected chi connectivity index (χ4v) is 9.27. The van der Waals surface area contributed by atoms with Crippen LogP contribution in [-0.2, 0) is 14.3 Å². The summed E-state index contributed by atoms with van der Waals surface area (Å²) < 4.78 is 46.2. The Balaban J connectivity index is 1.49. The zero-order valence-corrected chi connectivity index (χ0v) is 23.3. The van der Waals surface area contributed by atoms with Gasteiger partial charge in [-0.2, -0.15) is 13.2 Å². The summed E-state index contributed by atoms with van der Waals surface area (Å²) >= 11 is 0. The highest BCUT2D eigenvalue weighted by molar-refractivity contribution is 5.85. The molecule has 0 spiro atoms. The molecule has 4 unspecified atom stereocenters. The first-order valence-corrected chi connectivity index (χ1v) is 14.4. The number of nitrogens with one attached hydrogen (secondary N) is 1. The van der Waals surface area contributed by atoms with E-state index in [4.69, 9.17) is 4.74 Å². The number of aliphatic hydroxyl groups is 2. The second-order valence-corrected chi connectivity index (χ2v) is 13.7. The Hall–Kier alpha value is -1.49. The van der Waals surface area contributed by atoms with E-state index in [9.17, 15) is 33.0 Å². The first-order valence-electron chi connectivity index (χ1n) is 14.4. The molecule has 12 atom stereocenters. The number of carbonyl (C=O) groups excluding carboxylic acids is 2. The maximum Gasteiger partial charge on any atom is 0.409 e. The number of nitrogens with zero attached hydrogens (tertiary/aromatic N) is 1. The number of allylic oxidation sites excluding steroid dienone is 1. The molecule has 3 aliphatic carbocycles. The molecule has 220 valence electrons. The zero-order valence-electron chi connectivity index (χ0n) is 23.3. The van der Waals surface area contributed by atoms with Crippen molar-refractivity contribution >= 4 is 11.7 Å². The molecule has 0 aromatic rings. The Kier molecular flexibility index (Phi) is 7.30. The largest absolute Gasteiger partial charge is 0.409 e. The van der Waals surface area contributed by atoms with Gasteiger partial charge in [-0.3, -0.25) is 9.59 Å². The molecule has 3 N–H and O–H groups in total.